The Kier molecular flexibility index (Phi) is 9.29. The topological polar surface area (TPSA) is 70.5 Å². The van der Waals surface area contributed by atoms with Crippen molar-refractivity contribution in [3.63, 3.8) is 0 Å². The van der Waals surface area contributed by atoms with Gasteiger partial charge in [0.25, 0.3) is 0 Å². The highest BCUT2D eigenvalue weighted by molar-refractivity contribution is 4.52. The van der Waals surface area contributed by atoms with Gasteiger partial charge in [-0.15, -0.1) is 0 Å². The molecule has 0 amide bonds. The maximum absolute atomic E-state index is 5.58. The molecule has 4 N–H and O–H groups in total. The minimum absolute atomic E-state index is 0.148. The Morgan fingerprint density at radius 1 is 1.21 bits per heavy atom. The van der Waals surface area contributed by atoms with Gasteiger partial charge >= 0.3 is 0 Å². The van der Waals surface area contributed by atoms with Crippen LogP contribution in [-0.2, 0) is 9.47 Å². The second kappa shape index (κ2) is 9.40. The van der Waals surface area contributed by atoms with Gasteiger partial charge in [-0.2, -0.15) is 0 Å². The van der Waals surface area contributed by atoms with E-state index in [4.69, 9.17) is 20.9 Å². The van der Waals surface area contributed by atoms with Crippen molar-refractivity contribution < 1.29 is 9.47 Å². The van der Waals surface area contributed by atoms with Gasteiger partial charge in [0.2, 0.25) is 0 Å². The second-order valence-electron chi connectivity index (χ2n) is 3.66. The third-order valence-electron chi connectivity index (χ3n) is 1.82. The Morgan fingerprint density at radius 3 is 2.50 bits per heavy atom. The maximum atomic E-state index is 5.58. The van der Waals surface area contributed by atoms with Crippen molar-refractivity contribution in [2.75, 3.05) is 26.4 Å². The van der Waals surface area contributed by atoms with Crippen molar-refractivity contribution in [1.29, 1.82) is 0 Å². The van der Waals surface area contributed by atoms with E-state index >= 15 is 0 Å². The van der Waals surface area contributed by atoms with Crippen LogP contribution in [0.25, 0.3) is 0 Å². The Morgan fingerprint density at radius 2 is 1.93 bits per heavy atom. The van der Waals surface area contributed by atoms with E-state index in [-0.39, 0.29) is 12.1 Å². The molecular formula is C10H24N2O2. The van der Waals surface area contributed by atoms with Crippen molar-refractivity contribution in [2.24, 2.45) is 11.5 Å². The average molecular weight is 204 g/mol. The minimum atomic E-state index is 0.148. The van der Waals surface area contributed by atoms with Gasteiger partial charge in [0.15, 0.2) is 0 Å². The summed E-state index contributed by atoms with van der Waals surface area (Å²) >= 11 is 0. The fourth-order valence-electron chi connectivity index (χ4n) is 0.934. The first-order chi connectivity index (χ1) is 6.66. The highest BCUT2D eigenvalue weighted by atomic mass is 16.5. The van der Waals surface area contributed by atoms with Gasteiger partial charge in [0, 0.05) is 19.3 Å². The normalized spacial score (nSPS) is 15.4. The minimum Gasteiger partial charge on any atom is -0.379 e. The van der Waals surface area contributed by atoms with E-state index in [1.54, 1.807) is 0 Å². The molecule has 4 nitrogen and oxygen atoms in total. The molecule has 14 heavy (non-hydrogen) atoms. The van der Waals surface area contributed by atoms with Crippen LogP contribution in [0.2, 0.25) is 0 Å². The smallest absolute Gasteiger partial charge is 0.0780 e. The second-order valence-corrected chi connectivity index (χ2v) is 3.66. The van der Waals surface area contributed by atoms with Crippen LogP contribution in [0.5, 0.6) is 0 Å². The molecule has 0 spiro atoms. The number of ether oxygens (including phenoxy) is 2. The summed E-state index contributed by atoms with van der Waals surface area (Å²) in [6.45, 7) is 6.72. The molecule has 0 rings (SSSR count). The molecule has 0 bridgehead atoms. The molecule has 0 aromatic carbocycles. The maximum Gasteiger partial charge on any atom is 0.0780 e. The third kappa shape index (κ3) is 9.92. The summed E-state index contributed by atoms with van der Waals surface area (Å²) in [7, 11) is 0. The molecule has 86 valence electrons. The van der Waals surface area contributed by atoms with Crippen molar-refractivity contribution >= 4 is 0 Å². The standard InChI is InChI=1S/C10H24N2O2/c1-9(12)4-7-13-8-10(2)14-6-3-5-11/h9-10H,3-8,11-12H2,1-2H3. The zero-order valence-corrected chi connectivity index (χ0v) is 9.37. The van der Waals surface area contributed by atoms with E-state index in [1.165, 1.54) is 0 Å². The summed E-state index contributed by atoms with van der Waals surface area (Å²) in [6, 6.07) is 0.212. The molecule has 0 saturated carbocycles. The van der Waals surface area contributed by atoms with Crippen molar-refractivity contribution in [3.05, 3.63) is 0 Å². The van der Waals surface area contributed by atoms with Crippen molar-refractivity contribution in [2.45, 2.75) is 38.8 Å². The van der Waals surface area contributed by atoms with Crippen LogP contribution < -0.4 is 11.5 Å². The molecule has 2 unspecified atom stereocenters. The molecule has 0 saturated heterocycles. The summed E-state index contributed by atoms with van der Waals surface area (Å²) in [6.07, 6.45) is 1.95. The highest BCUT2D eigenvalue weighted by Gasteiger charge is 2.02. The molecule has 2 atom stereocenters. The lowest BCUT2D eigenvalue weighted by Gasteiger charge is -2.13. The lowest BCUT2D eigenvalue weighted by atomic mass is 10.3. The predicted octanol–water partition coefficient (Wildman–Crippen LogP) is 0.494. The van der Waals surface area contributed by atoms with Gasteiger partial charge in [-0.1, -0.05) is 0 Å². The van der Waals surface area contributed by atoms with Gasteiger partial charge in [-0.3, -0.25) is 0 Å². The van der Waals surface area contributed by atoms with Crippen LogP contribution in [0, 0.1) is 0 Å². The largest absolute Gasteiger partial charge is 0.379 e. The number of nitrogens with two attached hydrogens (primary N) is 2. The molecule has 0 aliphatic rings. The summed E-state index contributed by atoms with van der Waals surface area (Å²) in [4.78, 5) is 0. The molecule has 0 aromatic rings. The van der Waals surface area contributed by atoms with E-state index in [9.17, 15) is 0 Å². The van der Waals surface area contributed by atoms with Crippen molar-refractivity contribution in [1.82, 2.24) is 0 Å². The first kappa shape index (κ1) is 13.8. The first-order valence-electron chi connectivity index (χ1n) is 5.31. The monoisotopic (exact) mass is 204 g/mol. The molecule has 0 aromatic heterocycles. The molecule has 0 aliphatic carbocycles. The summed E-state index contributed by atoms with van der Waals surface area (Å²) in [5.41, 5.74) is 10.9. The Labute approximate surface area is 86.9 Å². The summed E-state index contributed by atoms with van der Waals surface area (Å²) in [5, 5.41) is 0. The van der Waals surface area contributed by atoms with Crippen LogP contribution >= 0.6 is 0 Å². The van der Waals surface area contributed by atoms with E-state index in [0.29, 0.717) is 26.4 Å². The van der Waals surface area contributed by atoms with Crippen LogP contribution in [0.15, 0.2) is 0 Å². The van der Waals surface area contributed by atoms with Gasteiger partial charge in [0.05, 0.1) is 12.7 Å². The fourth-order valence-corrected chi connectivity index (χ4v) is 0.934. The Balaban J connectivity index is 3.14. The van der Waals surface area contributed by atoms with Crippen LogP contribution in [0.3, 0.4) is 0 Å². The van der Waals surface area contributed by atoms with Gasteiger partial charge in [-0.25, -0.2) is 0 Å². The van der Waals surface area contributed by atoms with Gasteiger partial charge in [0.1, 0.15) is 0 Å². The number of hydrogen-bond donors (Lipinski definition) is 2. The van der Waals surface area contributed by atoms with Crippen LogP contribution in [0.4, 0.5) is 0 Å². The molecule has 0 fully saturated rings. The summed E-state index contributed by atoms with van der Waals surface area (Å²) in [5.74, 6) is 0. The zero-order valence-electron chi connectivity index (χ0n) is 9.37. The quantitative estimate of drug-likeness (QED) is 0.536. The van der Waals surface area contributed by atoms with E-state index < -0.39 is 0 Å². The summed E-state index contributed by atoms with van der Waals surface area (Å²) < 4.78 is 10.9. The molecule has 0 aliphatic heterocycles. The zero-order chi connectivity index (χ0) is 10.8. The molecule has 0 heterocycles. The Hall–Kier alpha value is -0.160. The molecule has 0 radical (unpaired) electrons. The third-order valence-corrected chi connectivity index (χ3v) is 1.82. The average Bonchev–Trinajstić information content (AvgIpc) is 2.13. The van der Waals surface area contributed by atoms with Gasteiger partial charge < -0.3 is 20.9 Å². The van der Waals surface area contributed by atoms with Crippen LogP contribution in [0.1, 0.15) is 26.7 Å². The predicted molar refractivity (Wildman–Crippen MR) is 58.2 cm³/mol. The van der Waals surface area contributed by atoms with Gasteiger partial charge in [-0.05, 0) is 33.2 Å². The SMILES string of the molecule is CC(N)CCOCC(C)OCCCN. The first-order valence-corrected chi connectivity index (χ1v) is 5.31. The number of hydrogen-bond acceptors (Lipinski definition) is 4. The molecular weight excluding hydrogens is 180 g/mol. The van der Waals surface area contributed by atoms with E-state index in [2.05, 4.69) is 0 Å². The van der Waals surface area contributed by atoms with E-state index in [0.717, 1.165) is 12.8 Å². The molecule has 4 heteroatoms. The Bertz CT molecular complexity index is 121. The van der Waals surface area contributed by atoms with Crippen LogP contribution in [-0.4, -0.2) is 38.5 Å². The van der Waals surface area contributed by atoms with E-state index in [1.807, 2.05) is 13.8 Å². The number of rotatable bonds is 9. The lowest BCUT2D eigenvalue weighted by molar-refractivity contribution is -0.00799. The highest BCUT2D eigenvalue weighted by Crippen LogP contribution is 1.95. The lowest BCUT2D eigenvalue weighted by Crippen LogP contribution is -2.21. The van der Waals surface area contributed by atoms with Crippen molar-refractivity contribution in [3.8, 4) is 0 Å². The fraction of sp³-hybridized carbons (Fsp3) is 1.00.